The van der Waals surface area contributed by atoms with Gasteiger partial charge in [0, 0.05) is 5.56 Å². The third-order valence-corrected chi connectivity index (χ3v) is 4.13. The van der Waals surface area contributed by atoms with E-state index in [4.69, 9.17) is 9.47 Å². The number of amides is 1. The van der Waals surface area contributed by atoms with Gasteiger partial charge in [-0.3, -0.25) is 4.79 Å². The van der Waals surface area contributed by atoms with Gasteiger partial charge in [0.15, 0.2) is 11.5 Å². The molecule has 0 aromatic heterocycles. The Kier molecular flexibility index (Phi) is 7.40. The van der Waals surface area contributed by atoms with Crippen LogP contribution in [0.5, 0.6) is 11.5 Å². The number of methoxy groups -OCH3 is 1. The van der Waals surface area contributed by atoms with E-state index in [0.717, 1.165) is 5.57 Å². The minimum Gasteiger partial charge on any atom is -0.493 e. The molecule has 0 heterocycles. The van der Waals surface area contributed by atoms with E-state index in [1.807, 2.05) is 6.92 Å². The van der Waals surface area contributed by atoms with E-state index in [1.165, 1.54) is 13.2 Å². The number of halogens is 1. The molecule has 7 heteroatoms. The molecule has 28 heavy (non-hydrogen) atoms. The van der Waals surface area contributed by atoms with Crippen molar-refractivity contribution in [2.45, 2.75) is 6.92 Å². The molecule has 0 aliphatic rings. The van der Waals surface area contributed by atoms with Crippen LogP contribution < -0.4 is 14.8 Å². The Morgan fingerprint density at radius 1 is 1.25 bits per heavy atom. The van der Waals surface area contributed by atoms with Gasteiger partial charge in [0.1, 0.15) is 12.3 Å². The van der Waals surface area contributed by atoms with Crippen molar-refractivity contribution in [2.75, 3.05) is 13.7 Å². The van der Waals surface area contributed by atoms with E-state index in [2.05, 4.69) is 27.8 Å². The van der Waals surface area contributed by atoms with Gasteiger partial charge in [-0.2, -0.15) is 0 Å². The summed E-state index contributed by atoms with van der Waals surface area (Å²) in [6.07, 6.45) is 1.35. The first-order valence-electron chi connectivity index (χ1n) is 8.28. The first kappa shape index (κ1) is 21.2. The van der Waals surface area contributed by atoms with Gasteiger partial charge in [-0.1, -0.05) is 24.8 Å². The quantitative estimate of drug-likeness (QED) is 0.468. The van der Waals surface area contributed by atoms with Crippen molar-refractivity contribution in [1.29, 1.82) is 0 Å². The Bertz CT molecular complexity index is 922. The van der Waals surface area contributed by atoms with Gasteiger partial charge in [-0.05, 0) is 64.3 Å². The standard InChI is InChI=1S/C21H20BrNO5/c1-13(2)12-28-19-16(22)9-14(11-18(19)27-3)10-17(21(25)26)23-20(24)15-7-5-4-6-8-15/h4-11H,1,12H2,2-3H3,(H,23,24)(H,25,26). The van der Waals surface area contributed by atoms with E-state index in [0.29, 0.717) is 33.7 Å². The molecule has 0 saturated carbocycles. The molecular formula is C21H20BrNO5. The van der Waals surface area contributed by atoms with Crippen LogP contribution in [0.3, 0.4) is 0 Å². The van der Waals surface area contributed by atoms with E-state index in [1.54, 1.807) is 42.5 Å². The maximum Gasteiger partial charge on any atom is 0.352 e. The van der Waals surface area contributed by atoms with Crippen LogP contribution in [0.15, 0.2) is 64.8 Å². The average Bonchev–Trinajstić information content (AvgIpc) is 2.66. The summed E-state index contributed by atoms with van der Waals surface area (Å²) in [4.78, 5) is 23.9. The monoisotopic (exact) mass is 445 g/mol. The molecule has 0 aliphatic carbocycles. The van der Waals surface area contributed by atoms with Crippen LogP contribution >= 0.6 is 15.9 Å². The fourth-order valence-electron chi connectivity index (χ4n) is 2.26. The van der Waals surface area contributed by atoms with Crippen LogP contribution in [0, 0.1) is 0 Å². The number of benzene rings is 2. The summed E-state index contributed by atoms with van der Waals surface area (Å²) in [6.45, 7) is 5.94. The van der Waals surface area contributed by atoms with Gasteiger partial charge >= 0.3 is 5.97 Å². The summed E-state index contributed by atoms with van der Waals surface area (Å²) in [5.74, 6) is -0.877. The summed E-state index contributed by atoms with van der Waals surface area (Å²) in [7, 11) is 1.48. The second kappa shape index (κ2) is 9.75. The molecule has 1 amide bonds. The number of aliphatic carboxylic acids is 1. The number of carbonyl (C=O) groups is 2. The highest BCUT2D eigenvalue weighted by atomic mass is 79.9. The number of carbonyl (C=O) groups excluding carboxylic acids is 1. The lowest BCUT2D eigenvalue weighted by atomic mass is 10.1. The molecule has 0 fully saturated rings. The number of rotatable bonds is 8. The van der Waals surface area contributed by atoms with Crippen LogP contribution in [0.2, 0.25) is 0 Å². The minimum atomic E-state index is -1.26. The van der Waals surface area contributed by atoms with E-state index < -0.39 is 11.9 Å². The summed E-state index contributed by atoms with van der Waals surface area (Å²) < 4.78 is 11.6. The zero-order valence-electron chi connectivity index (χ0n) is 15.5. The average molecular weight is 446 g/mol. The molecule has 2 rings (SSSR count). The van der Waals surface area contributed by atoms with Gasteiger partial charge in [-0.25, -0.2) is 4.79 Å². The molecule has 0 unspecified atom stereocenters. The van der Waals surface area contributed by atoms with Crippen molar-refractivity contribution in [2.24, 2.45) is 0 Å². The van der Waals surface area contributed by atoms with E-state index >= 15 is 0 Å². The van der Waals surface area contributed by atoms with Gasteiger partial charge in [-0.15, -0.1) is 0 Å². The number of hydrogen-bond donors (Lipinski definition) is 2. The number of carboxylic acids is 1. The largest absolute Gasteiger partial charge is 0.493 e. The molecule has 2 aromatic rings. The lowest BCUT2D eigenvalue weighted by Crippen LogP contribution is -2.27. The molecule has 0 spiro atoms. The minimum absolute atomic E-state index is 0.265. The molecule has 2 aromatic carbocycles. The fourth-order valence-corrected chi connectivity index (χ4v) is 2.83. The maximum atomic E-state index is 12.3. The fraction of sp³-hybridized carbons (Fsp3) is 0.143. The van der Waals surface area contributed by atoms with Crippen molar-refractivity contribution >= 4 is 33.9 Å². The van der Waals surface area contributed by atoms with Crippen LogP contribution in [0.4, 0.5) is 0 Å². The zero-order valence-corrected chi connectivity index (χ0v) is 17.1. The lowest BCUT2D eigenvalue weighted by molar-refractivity contribution is -0.132. The highest BCUT2D eigenvalue weighted by Gasteiger charge is 2.16. The predicted octanol–water partition coefficient (Wildman–Crippen LogP) is 4.27. The molecule has 6 nitrogen and oxygen atoms in total. The summed E-state index contributed by atoms with van der Waals surface area (Å²) in [5, 5.41) is 11.9. The van der Waals surface area contributed by atoms with Crippen LogP contribution in [-0.4, -0.2) is 30.7 Å². The first-order chi connectivity index (χ1) is 13.3. The predicted molar refractivity (Wildman–Crippen MR) is 111 cm³/mol. The van der Waals surface area contributed by atoms with Crippen molar-refractivity contribution < 1.29 is 24.2 Å². The lowest BCUT2D eigenvalue weighted by Gasteiger charge is -2.14. The topological polar surface area (TPSA) is 84.9 Å². The van der Waals surface area contributed by atoms with Crippen LogP contribution in [0.25, 0.3) is 6.08 Å². The van der Waals surface area contributed by atoms with Gasteiger partial charge in [0.2, 0.25) is 0 Å². The molecule has 2 N–H and O–H groups in total. The first-order valence-corrected chi connectivity index (χ1v) is 9.07. The van der Waals surface area contributed by atoms with Gasteiger partial charge in [0.25, 0.3) is 5.91 Å². The third-order valence-electron chi connectivity index (χ3n) is 3.54. The van der Waals surface area contributed by atoms with Crippen molar-refractivity contribution in [3.8, 4) is 11.5 Å². The Morgan fingerprint density at radius 2 is 1.93 bits per heavy atom. The summed E-state index contributed by atoms with van der Waals surface area (Å²) in [6, 6.07) is 11.7. The number of carboxylic acid groups (broad SMARTS) is 1. The van der Waals surface area contributed by atoms with Gasteiger partial charge in [0.05, 0.1) is 11.6 Å². The van der Waals surface area contributed by atoms with Crippen molar-refractivity contribution in [1.82, 2.24) is 5.32 Å². The Labute approximate surface area is 171 Å². The van der Waals surface area contributed by atoms with Crippen molar-refractivity contribution in [3.05, 3.63) is 75.9 Å². The molecule has 0 saturated heterocycles. The van der Waals surface area contributed by atoms with Crippen LogP contribution in [-0.2, 0) is 4.79 Å². The highest BCUT2D eigenvalue weighted by Crippen LogP contribution is 2.37. The second-order valence-electron chi connectivity index (χ2n) is 5.96. The Balaban J connectivity index is 2.33. The maximum absolute atomic E-state index is 12.3. The smallest absolute Gasteiger partial charge is 0.352 e. The highest BCUT2D eigenvalue weighted by molar-refractivity contribution is 9.10. The summed E-state index contributed by atoms with van der Waals surface area (Å²) >= 11 is 3.40. The second-order valence-corrected chi connectivity index (χ2v) is 6.82. The SMILES string of the molecule is C=C(C)COc1c(Br)cc(C=C(NC(=O)c2ccccc2)C(=O)O)cc1OC. The molecule has 0 bridgehead atoms. The third kappa shape index (κ3) is 5.72. The van der Waals surface area contributed by atoms with Crippen LogP contribution in [0.1, 0.15) is 22.8 Å². The molecule has 0 aliphatic heterocycles. The molecule has 146 valence electrons. The Hall–Kier alpha value is -3.06. The normalized spacial score (nSPS) is 10.9. The number of hydrogen-bond acceptors (Lipinski definition) is 4. The van der Waals surface area contributed by atoms with E-state index in [9.17, 15) is 14.7 Å². The number of ether oxygens (including phenoxy) is 2. The Morgan fingerprint density at radius 3 is 2.50 bits per heavy atom. The van der Waals surface area contributed by atoms with Crippen molar-refractivity contribution in [3.63, 3.8) is 0 Å². The molecule has 0 atom stereocenters. The number of nitrogens with one attached hydrogen (secondary N) is 1. The van der Waals surface area contributed by atoms with E-state index in [-0.39, 0.29) is 5.70 Å². The zero-order chi connectivity index (χ0) is 20.7. The van der Waals surface area contributed by atoms with Gasteiger partial charge < -0.3 is 19.9 Å². The molecular weight excluding hydrogens is 426 g/mol. The summed E-state index contributed by atoms with van der Waals surface area (Å²) in [5.41, 5.74) is 1.45. The molecule has 0 radical (unpaired) electrons.